The molecule has 1 aliphatic heterocycles. The third-order valence-corrected chi connectivity index (χ3v) is 5.35. The number of nitrogens with one attached hydrogen (secondary N) is 2. The number of hydrogen-bond acceptors (Lipinski definition) is 5. The lowest BCUT2D eigenvalue weighted by atomic mass is 10.1. The largest absolute Gasteiger partial charge is 0.493 e. The van der Waals surface area contributed by atoms with Crippen molar-refractivity contribution in [1.29, 1.82) is 0 Å². The zero-order valence-electron chi connectivity index (χ0n) is 19.0. The van der Waals surface area contributed by atoms with E-state index in [1.54, 1.807) is 49.6 Å². The highest BCUT2D eigenvalue weighted by molar-refractivity contribution is 6.07. The predicted octanol–water partition coefficient (Wildman–Crippen LogP) is 4.61. The number of anilines is 1. The molecule has 0 bridgehead atoms. The van der Waals surface area contributed by atoms with Gasteiger partial charge in [0.1, 0.15) is 13.2 Å². The Labute approximate surface area is 198 Å². The molecule has 1 atom stereocenters. The van der Waals surface area contributed by atoms with Crippen molar-refractivity contribution in [2.24, 2.45) is 0 Å². The first-order valence-electron chi connectivity index (χ1n) is 11.0. The molecule has 7 heteroatoms. The van der Waals surface area contributed by atoms with Gasteiger partial charge in [0.05, 0.1) is 24.4 Å². The van der Waals surface area contributed by atoms with Gasteiger partial charge in [-0.05, 0) is 48.4 Å². The van der Waals surface area contributed by atoms with Gasteiger partial charge >= 0.3 is 0 Å². The number of methoxy groups -OCH3 is 1. The number of ether oxygens (including phenoxy) is 3. The molecule has 7 nitrogen and oxygen atoms in total. The van der Waals surface area contributed by atoms with Crippen molar-refractivity contribution in [3.63, 3.8) is 0 Å². The molecule has 1 aliphatic rings. The minimum atomic E-state index is -0.370. The molecule has 4 rings (SSSR count). The molecule has 0 unspecified atom stereocenters. The highest BCUT2D eigenvalue weighted by Gasteiger charge is 2.18. The molecule has 0 aliphatic carbocycles. The first-order chi connectivity index (χ1) is 16.5. The molecule has 174 valence electrons. The third kappa shape index (κ3) is 5.38. The molecule has 3 aromatic rings. The number of hydrogen-bond donors (Lipinski definition) is 2. The van der Waals surface area contributed by atoms with Crippen LogP contribution < -0.4 is 24.8 Å². The average Bonchev–Trinajstić information content (AvgIpc) is 2.87. The van der Waals surface area contributed by atoms with E-state index in [1.165, 1.54) is 6.08 Å². The van der Waals surface area contributed by atoms with Gasteiger partial charge in [0.15, 0.2) is 11.5 Å². The van der Waals surface area contributed by atoms with Crippen LogP contribution in [0.25, 0.3) is 6.08 Å². The molecule has 0 saturated heterocycles. The second-order valence-corrected chi connectivity index (χ2v) is 7.72. The maximum atomic E-state index is 12.9. The van der Waals surface area contributed by atoms with Crippen LogP contribution in [0, 0.1) is 0 Å². The first kappa shape index (κ1) is 22.9. The van der Waals surface area contributed by atoms with Gasteiger partial charge in [0.2, 0.25) is 11.7 Å². The van der Waals surface area contributed by atoms with Gasteiger partial charge in [-0.3, -0.25) is 9.59 Å². The van der Waals surface area contributed by atoms with E-state index in [0.29, 0.717) is 41.7 Å². The number of amides is 2. The smallest absolute Gasteiger partial charge is 0.253 e. The normalized spacial score (nSPS) is 13.2. The Hall–Kier alpha value is -4.26. The van der Waals surface area contributed by atoms with Crippen LogP contribution in [-0.2, 0) is 4.79 Å². The molecule has 0 radical (unpaired) electrons. The Morgan fingerprint density at radius 1 is 1.00 bits per heavy atom. The summed E-state index contributed by atoms with van der Waals surface area (Å²) in [6.07, 6.45) is 3.04. The maximum absolute atomic E-state index is 12.9. The van der Waals surface area contributed by atoms with Crippen LogP contribution >= 0.6 is 0 Å². The highest BCUT2D eigenvalue weighted by Crippen LogP contribution is 2.40. The fraction of sp³-hybridized carbons (Fsp3) is 0.185. The van der Waals surface area contributed by atoms with E-state index in [0.717, 1.165) is 11.1 Å². The maximum Gasteiger partial charge on any atom is 0.253 e. The van der Waals surface area contributed by atoms with E-state index in [4.69, 9.17) is 14.2 Å². The Morgan fingerprint density at radius 3 is 2.53 bits per heavy atom. The molecule has 1 heterocycles. The van der Waals surface area contributed by atoms with Crippen molar-refractivity contribution in [3.8, 4) is 17.2 Å². The van der Waals surface area contributed by atoms with E-state index in [-0.39, 0.29) is 17.9 Å². The van der Waals surface area contributed by atoms with Gasteiger partial charge in [-0.25, -0.2) is 0 Å². The number of fused-ring (bicyclic) bond motifs is 1. The summed E-state index contributed by atoms with van der Waals surface area (Å²) in [5, 5.41) is 5.77. The fourth-order valence-corrected chi connectivity index (χ4v) is 3.63. The van der Waals surface area contributed by atoms with Crippen LogP contribution in [-0.4, -0.2) is 32.1 Å². The summed E-state index contributed by atoms with van der Waals surface area (Å²) in [6.45, 7) is 2.82. The van der Waals surface area contributed by atoms with E-state index in [1.807, 2.05) is 37.3 Å². The molecule has 2 amide bonds. The number of rotatable bonds is 7. The molecule has 0 spiro atoms. The van der Waals surface area contributed by atoms with Crippen molar-refractivity contribution >= 4 is 23.6 Å². The minimum Gasteiger partial charge on any atom is -0.493 e. The van der Waals surface area contributed by atoms with E-state index in [9.17, 15) is 9.59 Å². The highest BCUT2D eigenvalue weighted by atomic mass is 16.6. The van der Waals surface area contributed by atoms with Crippen molar-refractivity contribution in [2.75, 3.05) is 25.6 Å². The Bertz CT molecular complexity index is 1190. The number of benzene rings is 3. The van der Waals surface area contributed by atoms with Crippen molar-refractivity contribution in [1.82, 2.24) is 5.32 Å². The molecule has 3 aromatic carbocycles. The SMILES string of the molecule is COc1cc(/C=C/C(=O)Nc2ccccc2C(=O)N[C@H](C)c2ccccc2)cc2c1OCCO2. The van der Waals surface area contributed by atoms with E-state index in [2.05, 4.69) is 10.6 Å². The van der Waals surface area contributed by atoms with Gasteiger partial charge < -0.3 is 24.8 Å². The quantitative estimate of drug-likeness (QED) is 0.505. The molecule has 2 N–H and O–H groups in total. The van der Waals surface area contributed by atoms with Crippen molar-refractivity contribution in [3.05, 3.63) is 89.5 Å². The minimum absolute atomic E-state index is 0.178. The monoisotopic (exact) mass is 458 g/mol. The second kappa shape index (κ2) is 10.6. The van der Waals surface area contributed by atoms with Gasteiger partial charge in [0.25, 0.3) is 5.91 Å². The zero-order chi connectivity index (χ0) is 23.9. The molecule has 34 heavy (non-hydrogen) atoms. The van der Waals surface area contributed by atoms with Crippen LogP contribution in [0.5, 0.6) is 17.2 Å². The average molecular weight is 459 g/mol. The summed E-state index contributed by atoms with van der Waals surface area (Å²) in [5.74, 6) is 1.02. The van der Waals surface area contributed by atoms with Crippen molar-refractivity contribution < 1.29 is 23.8 Å². The van der Waals surface area contributed by atoms with E-state index >= 15 is 0 Å². The summed E-state index contributed by atoms with van der Waals surface area (Å²) in [7, 11) is 1.55. The molecule has 0 fully saturated rings. The zero-order valence-corrected chi connectivity index (χ0v) is 19.0. The molecule has 0 saturated carbocycles. The Morgan fingerprint density at radius 2 is 1.74 bits per heavy atom. The van der Waals surface area contributed by atoms with E-state index < -0.39 is 0 Å². The topological polar surface area (TPSA) is 85.9 Å². The van der Waals surface area contributed by atoms with Crippen molar-refractivity contribution in [2.45, 2.75) is 13.0 Å². The van der Waals surface area contributed by atoms with Crippen LogP contribution in [0.4, 0.5) is 5.69 Å². The van der Waals surface area contributed by atoms with Gasteiger partial charge in [-0.2, -0.15) is 0 Å². The third-order valence-electron chi connectivity index (χ3n) is 5.35. The number of carbonyl (C=O) groups excluding carboxylic acids is 2. The predicted molar refractivity (Wildman–Crippen MR) is 130 cm³/mol. The van der Waals surface area contributed by atoms with Gasteiger partial charge in [-0.15, -0.1) is 0 Å². The molecular weight excluding hydrogens is 432 g/mol. The number of para-hydroxylation sites is 1. The lowest BCUT2D eigenvalue weighted by molar-refractivity contribution is -0.111. The number of carbonyl (C=O) groups is 2. The second-order valence-electron chi connectivity index (χ2n) is 7.72. The summed E-state index contributed by atoms with van der Waals surface area (Å²) >= 11 is 0. The summed E-state index contributed by atoms with van der Waals surface area (Å²) < 4.78 is 16.6. The fourth-order valence-electron chi connectivity index (χ4n) is 3.63. The standard InChI is InChI=1S/C27H26N2O5/c1-18(20-8-4-3-5-9-20)28-27(31)21-10-6-7-11-22(21)29-25(30)13-12-19-16-23(32-2)26-24(17-19)33-14-15-34-26/h3-13,16-18H,14-15H2,1-2H3,(H,28,31)(H,29,30)/b13-12+/t18-/m1/s1. The summed E-state index contributed by atoms with van der Waals surface area (Å²) in [5.41, 5.74) is 2.52. The molecule has 0 aromatic heterocycles. The van der Waals surface area contributed by atoms with Gasteiger partial charge in [-0.1, -0.05) is 42.5 Å². The first-order valence-corrected chi connectivity index (χ1v) is 11.0. The van der Waals surface area contributed by atoms with Crippen LogP contribution in [0.2, 0.25) is 0 Å². The summed E-state index contributed by atoms with van der Waals surface area (Å²) in [4.78, 5) is 25.5. The van der Waals surface area contributed by atoms with Crippen LogP contribution in [0.3, 0.4) is 0 Å². The summed E-state index contributed by atoms with van der Waals surface area (Å²) in [6, 6.07) is 20.0. The molecular formula is C27H26N2O5. The Balaban J connectivity index is 1.46. The van der Waals surface area contributed by atoms with Crippen LogP contribution in [0.1, 0.15) is 34.5 Å². The van der Waals surface area contributed by atoms with Gasteiger partial charge in [0, 0.05) is 6.08 Å². The lowest BCUT2D eigenvalue weighted by Crippen LogP contribution is -2.27. The Kier molecular flexibility index (Phi) is 7.13. The van der Waals surface area contributed by atoms with Crippen LogP contribution in [0.15, 0.2) is 72.8 Å². The lowest BCUT2D eigenvalue weighted by Gasteiger charge is -2.20.